The van der Waals surface area contributed by atoms with Crippen LogP contribution in [0, 0.1) is 5.82 Å². The highest BCUT2D eigenvalue weighted by atomic mass is 19.1. The number of benzene rings is 1. The predicted molar refractivity (Wildman–Crippen MR) is 89.4 cm³/mol. The van der Waals surface area contributed by atoms with Crippen LogP contribution in [-0.4, -0.2) is 55.0 Å². The second kappa shape index (κ2) is 8.35. The number of hydrogen-bond donors (Lipinski definition) is 1. The van der Waals surface area contributed by atoms with Gasteiger partial charge in [0.1, 0.15) is 5.82 Å². The Bertz CT molecular complexity index is 574. The van der Waals surface area contributed by atoms with Crippen molar-refractivity contribution in [3.63, 3.8) is 0 Å². The van der Waals surface area contributed by atoms with Crippen molar-refractivity contribution in [2.45, 2.75) is 44.9 Å². The summed E-state index contributed by atoms with van der Waals surface area (Å²) in [7, 11) is 1.64. The third kappa shape index (κ3) is 4.85. The van der Waals surface area contributed by atoms with Crippen LogP contribution in [0.1, 0.15) is 37.0 Å². The van der Waals surface area contributed by atoms with Gasteiger partial charge in [-0.1, -0.05) is 0 Å². The van der Waals surface area contributed by atoms with E-state index in [2.05, 4.69) is 24.1 Å². The summed E-state index contributed by atoms with van der Waals surface area (Å²) in [5.74, 6) is -0.711. The molecule has 1 aliphatic rings. The molecule has 2 rings (SSSR count). The summed E-state index contributed by atoms with van der Waals surface area (Å²) in [5.41, 5.74) is 0.422. The SMILES string of the molecule is CO[C@H]1CN(C(C)C)C[C@@H]1NC(=O)CCC(=O)c1ccc(F)cc1. The summed E-state index contributed by atoms with van der Waals surface area (Å²) in [6, 6.07) is 5.70. The molecular formula is C18H25FN2O3. The van der Waals surface area contributed by atoms with Crippen molar-refractivity contribution in [2.75, 3.05) is 20.2 Å². The number of carbonyl (C=O) groups is 2. The van der Waals surface area contributed by atoms with E-state index in [0.717, 1.165) is 13.1 Å². The molecule has 0 aliphatic carbocycles. The van der Waals surface area contributed by atoms with Crippen LogP contribution < -0.4 is 5.32 Å². The van der Waals surface area contributed by atoms with Crippen LogP contribution in [-0.2, 0) is 9.53 Å². The fraction of sp³-hybridized carbons (Fsp3) is 0.556. The Morgan fingerprint density at radius 2 is 1.92 bits per heavy atom. The molecule has 5 nitrogen and oxygen atoms in total. The number of amides is 1. The Kier molecular flexibility index (Phi) is 6.45. The Balaban J connectivity index is 1.82. The third-order valence-electron chi connectivity index (χ3n) is 4.42. The topological polar surface area (TPSA) is 58.6 Å². The number of ketones is 1. The van der Waals surface area contributed by atoms with Crippen LogP contribution in [0.4, 0.5) is 4.39 Å². The Morgan fingerprint density at radius 1 is 1.25 bits per heavy atom. The van der Waals surface area contributed by atoms with Gasteiger partial charge >= 0.3 is 0 Å². The molecule has 2 atom stereocenters. The normalized spacial score (nSPS) is 21.2. The molecule has 0 aromatic heterocycles. The Labute approximate surface area is 142 Å². The molecule has 1 heterocycles. The second-order valence-electron chi connectivity index (χ2n) is 6.43. The molecule has 0 unspecified atom stereocenters. The van der Waals surface area contributed by atoms with Gasteiger partial charge in [0.15, 0.2) is 5.78 Å². The largest absolute Gasteiger partial charge is 0.378 e. The maximum absolute atomic E-state index is 12.9. The summed E-state index contributed by atoms with van der Waals surface area (Å²) in [5, 5.41) is 2.96. The first-order chi connectivity index (χ1) is 11.4. The number of nitrogens with zero attached hydrogens (tertiary/aromatic N) is 1. The van der Waals surface area contributed by atoms with Gasteiger partial charge < -0.3 is 10.1 Å². The smallest absolute Gasteiger partial charge is 0.220 e. The van der Waals surface area contributed by atoms with E-state index in [4.69, 9.17) is 4.74 Å². The molecule has 1 aromatic rings. The lowest BCUT2D eigenvalue weighted by Gasteiger charge is -2.20. The maximum atomic E-state index is 12.9. The average molecular weight is 336 g/mol. The van der Waals surface area contributed by atoms with E-state index in [1.807, 2.05) is 0 Å². The lowest BCUT2D eigenvalue weighted by atomic mass is 10.1. The predicted octanol–water partition coefficient (Wildman–Crippen LogP) is 2.01. The molecule has 0 spiro atoms. The number of rotatable bonds is 7. The van der Waals surface area contributed by atoms with Crippen molar-refractivity contribution < 1.29 is 18.7 Å². The summed E-state index contributed by atoms with van der Waals surface area (Å²) >= 11 is 0. The summed E-state index contributed by atoms with van der Waals surface area (Å²) in [6.45, 7) is 5.75. The highest BCUT2D eigenvalue weighted by Gasteiger charge is 2.34. The molecule has 132 valence electrons. The number of ether oxygens (including phenoxy) is 1. The van der Waals surface area contributed by atoms with Gasteiger partial charge in [-0.3, -0.25) is 14.5 Å². The van der Waals surface area contributed by atoms with Crippen LogP contribution in [0.25, 0.3) is 0 Å². The van der Waals surface area contributed by atoms with E-state index in [-0.39, 0.29) is 42.5 Å². The average Bonchev–Trinajstić information content (AvgIpc) is 2.96. The van der Waals surface area contributed by atoms with Gasteiger partial charge in [-0.05, 0) is 38.1 Å². The number of carbonyl (C=O) groups excluding carboxylic acids is 2. The second-order valence-corrected chi connectivity index (χ2v) is 6.43. The number of nitrogens with one attached hydrogen (secondary N) is 1. The molecule has 1 saturated heterocycles. The highest BCUT2D eigenvalue weighted by molar-refractivity contribution is 5.97. The Morgan fingerprint density at radius 3 is 2.50 bits per heavy atom. The molecule has 0 saturated carbocycles. The Hall–Kier alpha value is -1.79. The summed E-state index contributed by atoms with van der Waals surface area (Å²) in [6.07, 6.45) is 0.185. The summed E-state index contributed by atoms with van der Waals surface area (Å²) < 4.78 is 18.3. The quantitative estimate of drug-likeness (QED) is 0.774. The fourth-order valence-electron chi connectivity index (χ4n) is 2.89. The van der Waals surface area contributed by atoms with Crippen molar-refractivity contribution in [2.24, 2.45) is 0 Å². The summed E-state index contributed by atoms with van der Waals surface area (Å²) in [4.78, 5) is 26.4. The van der Waals surface area contributed by atoms with Crippen molar-refractivity contribution in [1.29, 1.82) is 0 Å². The van der Waals surface area contributed by atoms with Gasteiger partial charge in [0.25, 0.3) is 0 Å². The zero-order chi connectivity index (χ0) is 17.7. The maximum Gasteiger partial charge on any atom is 0.220 e. The lowest BCUT2D eigenvalue weighted by Crippen LogP contribution is -2.43. The van der Waals surface area contributed by atoms with E-state index in [1.54, 1.807) is 7.11 Å². The number of hydrogen-bond acceptors (Lipinski definition) is 4. The van der Waals surface area contributed by atoms with Crippen LogP contribution >= 0.6 is 0 Å². The van der Waals surface area contributed by atoms with Gasteiger partial charge in [-0.2, -0.15) is 0 Å². The molecule has 0 radical (unpaired) electrons. The van der Waals surface area contributed by atoms with E-state index < -0.39 is 0 Å². The standard InChI is InChI=1S/C18H25FN2O3/c1-12(2)21-10-15(17(11-21)24-3)20-18(23)9-8-16(22)13-4-6-14(19)7-5-13/h4-7,12,15,17H,8-11H2,1-3H3,(H,20,23)/t15-,17-/m0/s1. The molecule has 1 amide bonds. The van der Waals surface area contributed by atoms with Crippen molar-refractivity contribution in [3.8, 4) is 0 Å². The molecule has 24 heavy (non-hydrogen) atoms. The minimum Gasteiger partial charge on any atom is -0.378 e. The number of Topliss-reactive ketones (excluding diaryl/α,β-unsaturated/α-hetero) is 1. The van der Waals surface area contributed by atoms with Gasteiger partial charge in [-0.25, -0.2) is 4.39 Å². The molecule has 1 aromatic carbocycles. The minimum absolute atomic E-state index is 0.0378. The zero-order valence-corrected chi connectivity index (χ0v) is 14.4. The number of likely N-dealkylation sites (tertiary alicyclic amines) is 1. The van der Waals surface area contributed by atoms with Crippen LogP contribution in [0.15, 0.2) is 24.3 Å². The highest BCUT2D eigenvalue weighted by Crippen LogP contribution is 2.16. The van der Waals surface area contributed by atoms with E-state index in [1.165, 1.54) is 24.3 Å². The molecule has 1 fully saturated rings. The molecule has 1 aliphatic heterocycles. The van der Waals surface area contributed by atoms with Crippen LogP contribution in [0.5, 0.6) is 0 Å². The fourth-order valence-corrected chi connectivity index (χ4v) is 2.89. The number of halogens is 1. The third-order valence-corrected chi connectivity index (χ3v) is 4.42. The van der Waals surface area contributed by atoms with Crippen molar-refractivity contribution >= 4 is 11.7 Å². The molecule has 6 heteroatoms. The molecular weight excluding hydrogens is 311 g/mol. The van der Waals surface area contributed by atoms with Crippen LogP contribution in [0.2, 0.25) is 0 Å². The van der Waals surface area contributed by atoms with Gasteiger partial charge in [0, 0.05) is 44.6 Å². The van der Waals surface area contributed by atoms with Crippen molar-refractivity contribution in [3.05, 3.63) is 35.6 Å². The van der Waals surface area contributed by atoms with E-state index in [0.29, 0.717) is 11.6 Å². The van der Waals surface area contributed by atoms with Crippen molar-refractivity contribution in [1.82, 2.24) is 10.2 Å². The first-order valence-electron chi connectivity index (χ1n) is 8.25. The number of methoxy groups -OCH3 is 1. The minimum atomic E-state index is -0.383. The van der Waals surface area contributed by atoms with Gasteiger partial charge in [-0.15, -0.1) is 0 Å². The first-order valence-corrected chi connectivity index (χ1v) is 8.25. The van der Waals surface area contributed by atoms with Gasteiger partial charge in [0.2, 0.25) is 5.91 Å². The van der Waals surface area contributed by atoms with Crippen LogP contribution in [0.3, 0.4) is 0 Å². The zero-order valence-electron chi connectivity index (χ0n) is 14.4. The van der Waals surface area contributed by atoms with Gasteiger partial charge in [0.05, 0.1) is 12.1 Å². The molecule has 0 bridgehead atoms. The monoisotopic (exact) mass is 336 g/mol. The van der Waals surface area contributed by atoms with E-state index >= 15 is 0 Å². The first kappa shape index (κ1) is 18.5. The molecule has 1 N–H and O–H groups in total. The lowest BCUT2D eigenvalue weighted by molar-refractivity contribution is -0.122. The van der Waals surface area contributed by atoms with E-state index in [9.17, 15) is 14.0 Å².